The van der Waals surface area contributed by atoms with Crippen molar-refractivity contribution < 1.29 is 9.90 Å². The highest BCUT2D eigenvalue weighted by molar-refractivity contribution is 7.99. The third-order valence-electron chi connectivity index (χ3n) is 5.91. The Morgan fingerprint density at radius 1 is 1.11 bits per heavy atom. The molecule has 1 heterocycles. The zero-order chi connectivity index (χ0) is 26.3. The van der Waals surface area contributed by atoms with Crippen molar-refractivity contribution in [2.45, 2.75) is 58.7 Å². The molecule has 0 unspecified atom stereocenters. The van der Waals surface area contributed by atoms with Gasteiger partial charge in [-0.2, -0.15) is 5.10 Å². The van der Waals surface area contributed by atoms with Crippen LogP contribution in [0.4, 0.5) is 5.69 Å². The van der Waals surface area contributed by atoms with Crippen molar-refractivity contribution in [3.8, 4) is 17.1 Å². The molecule has 0 radical (unpaired) electrons. The molecule has 0 bridgehead atoms. The quantitative estimate of drug-likeness (QED) is 0.226. The van der Waals surface area contributed by atoms with Crippen LogP contribution in [0, 0.1) is 0 Å². The van der Waals surface area contributed by atoms with E-state index in [1.165, 1.54) is 23.5 Å². The van der Waals surface area contributed by atoms with Crippen molar-refractivity contribution in [2.75, 3.05) is 23.7 Å². The molecule has 192 valence electrons. The number of amides is 1. The van der Waals surface area contributed by atoms with Crippen LogP contribution in [-0.4, -0.2) is 50.8 Å². The summed E-state index contributed by atoms with van der Waals surface area (Å²) in [7, 11) is 0. The van der Waals surface area contributed by atoms with Gasteiger partial charge in [-0.3, -0.25) is 4.79 Å². The number of rotatable bonds is 10. The van der Waals surface area contributed by atoms with Crippen LogP contribution >= 0.6 is 11.8 Å². The fraction of sp³-hybridized carbons (Fsp3) is 0.407. The standard InChI is InChI=1S/C27H36N6O2S/c1-7-32(8-2)22-15-12-20(23(34)16-22)17-28-29-24(35)18-36-26-31-30-25(33(26)9-3)19-10-13-21(14-11-19)27(4,5)6/h10-17,34H,7-9,18H2,1-6H3,(H,29,35)/b28-17-. The smallest absolute Gasteiger partial charge is 0.250 e. The summed E-state index contributed by atoms with van der Waals surface area (Å²) in [5.74, 6) is 0.774. The summed E-state index contributed by atoms with van der Waals surface area (Å²) in [4.78, 5) is 14.5. The number of carbonyl (C=O) groups is 1. The lowest BCUT2D eigenvalue weighted by molar-refractivity contribution is -0.118. The number of nitrogens with one attached hydrogen (secondary N) is 1. The molecule has 0 aliphatic rings. The first-order valence-corrected chi connectivity index (χ1v) is 13.2. The maximum atomic E-state index is 12.3. The van der Waals surface area contributed by atoms with E-state index in [2.05, 4.69) is 84.5 Å². The van der Waals surface area contributed by atoms with E-state index in [9.17, 15) is 9.90 Å². The predicted molar refractivity (Wildman–Crippen MR) is 148 cm³/mol. The fourth-order valence-corrected chi connectivity index (χ4v) is 4.57. The molecule has 0 atom stereocenters. The van der Waals surface area contributed by atoms with E-state index in [4.69, 9.17) is 0 Å². The van der Waals surface area contributed by atoms with Crippen LogP contribution in [0.15, 0.2) is 52.7 Å². The molecule has 0 aliphatic heterocycles. The molecule has 0 fully saturated rings. The fourth-order valence-electron chi connectivity index (χ4n) is 3.78. The average molecular weight is 509 g/mol. The topological polar surface area (TPSA) is 95.6 Å². The van der Waals surface area contributed by atoms with Gasteiger partial charge in [0.05, 0.1) is 12.0 Å². The number of phenolic OH excluding ortho intramolecular Hbond substituents is 1. The van der Waals surface area contributed by atoms with Gasteiger partial charge in [0.15, 0.2) is 11.0 Å². The number of carbonyl (C=O) groups excluding carboxylic acids is 1. The third kappa shape index (κ3) is 6.66. The zero-order valence-electron chi connectivity index (χ0n) is 21.9. The highest BCUT2D eigenvalue weighted by Crippen LogP contribution is 2.28. The number of anilines is 1. The van der Waals surface area contributed by atoms with Gasteiger partial charge in [-0.1, -0.05) is 56.8 Å². The lowest BCUT2D eigenvalue weighted by Crippen LogP contribution is -2.21. The number of hydrogen-bond donors (Lipinski definition) is 2. The van der Waals surface area contributed by atoms with Crippen LogP contribution in [0.3, 0.4) is 0 Å². The summed E-state index contributed by atoms with van der Waals surface area (Å²) >= 11 is 1.31. The largest absolute Gasteiger partial charge is 0.507 e. The zero-order valence-corrected chi connectivity index (χ0v) is 22.8. The molecule has 2 aromatic carbocycles. The number of nitrogens with zero attached hydrogens (tertiary/aromatic N) is 5. The van der Waals surface area contributed by atoms with E-state index in [-0.39, 0.29) is 22.8 Å². The maximum absolute atomic E-state index is 12.3. The molecule has 2 N–H and O–H groups in total. The van der Waals surface area contributed by atoms with Gasteiger partial charge in [0, 0.05) is 42.5 Å². The van der Waals surface area contributed by atoms with E-state index < -0.39 is 0 Å². The van der Waals surface area contributed by atoms with Crippen molar-refractivity contribution in [3.05, 3.63) is 53.6 Å². The molecule has 3 rings (SSSR count). The third-order valence-corrected chi connectivity index (χ3v) is 6.88. The normalized spacial score (nSPS) is 11.7. The van der Waals surface area contributed by atoms with Gasteiger partial charge in [0.1, 0.15) is 5.75 Å². The Kier molecular flexibility index (Phi) is 9.14. The number of aromatic hydroxyl groups is 1. The van der Waals surface area contributed by atoms with Crippen LogP contribution in [0.1, 0.15) is 52.7 Å². The number of hydrogen-bond acceptors (Lipinski definition) is 7. The molecule has 3 aromatic rings. The second kappa shape index (κ2) is 12.1. The number of thioether (sulfide) groups is 1. The molecule has 0 saturated carbocycles. The Bertz CT molecular complexity index is 1190. The minimum Gasteiger partial charge on any atom is -0.507 e. The van der Waals surface area contributed by atoms with Crippen LogP contribution in [0.5, 0.6) is 5.75 Å². The predicted octanol–water partition coefficient (Wildman–Crippen LogP) is 5.06. The van der Waals surface area contributed by atoms with Crippen molar-refractivity contribution in [1.29, 1.82) is 0 Å². The van der Waals surface area contributed by atoms with Gasteiger partial charge in [-0.05, 0) is 43.9 Å². The van der Waals surface area contributed by atoms with Crippen LogP contribution in [0.25, 0.3) is 11.4 Å². The number of hydrazone groups is 1. The summed E-state index contributed by atoms with van der Waals surface area (Å²) in [6.07, 6.45) is 1.44. The SMILES string of the molecule is CCN(CC)c1ccc(/C=N\NC(=O)CSc2nnc(-c3ccc(C(C)(C)C)cc3)n2CC)c(O)c1. The van der Waals surface area contributed by atoms with Gasteiger partial charge in [-0.25, -0.2) is 5.43 Å². The summed E-state index contributed by atoms with van der Waals surface area (Å²) in [6.45, 7) is 15.1. The van der Waals surface area contributed by atoms with Gasteiger partial charge in [0.2, 0.25) is 0 Å². The maximum Gasteiger partial charge on any atom is 0.250 e. The molecule has 0 saturated heterocycles. The Morgan fingerprint density at radius 2 is 1.81 bits per heavy atom. The Labute approximate surface area is 217 Å². The Morgan fingerprint density at radius 3 is 2.39 bits per heavy atom. The Balaban J connectivity index is 1.60. The number of benzene rings is 2. The van der Waals surface area contributed by atoms with Gasteiger partial charge >= 0.3 is 0 Å². The van der Waals surface area contributed by atoms with Crippen molar-refractivity contribution >= 4 is 29.6 Å². The van der Waals surface area contributed by atoms with Gasteiger partial charge in [-0.15, -0.1) is 10.2 Å². The van der Waals surface area contributed by atoms with E-state index in [0.29, 0.717) is 17.3 Å². The average Bonchev–Trinajstić information content (AvgIpc) is 3.27. The molecule has 8 nitrogen and oxygen atoms in total. The summed E-state index contributed by atoms with van der Waals surface area (Å²) in [5.41, 5.74) is 6.33. The van der Waals surface area contributed by atoms with Crippen LogP contribution in [-0.2, 0) is 16.8 Å². The van der Waals surface area contributed by atoms with Gasteiger partial charge < -0.3 is 14.6 Å². The highest BCUT2D eigenvalue weighted by Gasteiger charge is 2.17. The van der Waals surface area contributed by atoms with E-state index in [1.54, 1.807) is 12.1 Å². The lowest BCUT2D eigenvalue weighted by atomic mass is 9.87. The first-order chi connectivity index (χ1) is 17.2. The molecular weight excluding hydrogens is 472 g/mol. The first-order valence-electron chi connectivity index (χ1n) is 12.2. The monoisotopic (exact) mass is 508 g/mol. The van der Waals surface area contributed by atoms with Gasteiger partial charge in [0.25, 0.3) is 5.91 Å². The molecule has 1 aromatic heterocycles. The summed E-state index contributed by atoms with van der Waals surface area (Å²) in [6, 6.07) is 13.8. The second-order valence-electron chi connectivity index (χ2n) is 9.38. The van der Waals surface area contributed by atoms with E-state index >= 15 is 0 Å². The number of aromatic nitrogens is 3. The molecular formula is C27H36N6O2S. The Hall–Kier alpha value is -3.33. The summed E-state index contributed by atoms with van der Waals surface area (Å²) in [5, 5.41) is 23.7. The van der Waals surface area contributed by atoms with E-state index in [1.807, 2.05) is 17.6 Å². The van der Waals surface area contributed by atoms with Crippen molar-refractivity contribution in [2.24, 2.45) is 5.10 Å². The molecule has 9 heteroatoms. The lowest BCUT2D eigenvalue weighted by Gasteiger charge is -2.21. The van der Waals surface area contributed by atoms with E-state index in [0.717, 1.165) is 30.2 Å². The van der Waals surface area contributed by atoms with Crippen molar-refractivity contribution in [1.82, 2.24) is 20.2 Å². The molecule has 36 heavy (non-hydrogen) atoms. The minimum atomic E-state index is -0.266. The molecule has 0 spiro atoms. The minimum absolute atomic E-state index is 0.0846. The highest BCUT2D eigenvalue weighted by atomic mass is 32.2. The second-order valence-corrected chi connectivity index (χ2v) is 10.3. The van der Waals surface area contributed by atoms with Crippen LogP contribution in [0.2, 0.25) is 0 Å². The van der Waals surface area contributed by atoms with Crippen LogP contribution < -0.4 is 10.3 Å². The molecule has 0 aliphatic carbocycles. The molecule has 1 amide bonds. The van der Waals surface area contributed by atoms with Crippen molar-refractivity contribution in [3.63, 3.8) is 0 Å². The number of phenols is 1. The first kappa shape index (κ1) is 27.3. The summed E-state index contributed by atoms with van der Waals surface area (Å²) < 4.78 is 2.00.